The third kappa shape index (κ3) is 3.93. The van der Waals surface area contributed by atoms with Crippen LogP contribution in [0.4, 0.5) is 10.2 Å². The summed E-state index contributed by atoms with van der Waals surface area (Å²) in [6.07, 6.45) is 0.329. The lowest BCUT2D eigenvalue weighted by atomic mass is 9.86. The number of H-pyrrole nitrogens is 1. The number of halogens is 1. The van der Waals surface area contributed by atoms with Gasteiger partial charge in [0.15, 0.2) is 0 Å². The van der Waals surface area contributed by atoms with Crippen molar-refractivity contribution in [1.82, 2.24) is 19.7 Å². The van der Waals surface area contributed by atoms with Crippen molar-refractivity contribution >= 4 is 22.8 Å². The first kappa shape index (κ1) is 21.1. The quantitative estimate of drug-likeness (QED) is 0.370. The van der Waals surface area contributed by atoms with Crippen molar-refractivity contribution in [2.45, 2.75) is 25.9 Å². The maximum Gasteiger partial charge on any atom is 0.231 e. The molecule has 7 nitrogen and oxygen atoms in total. The van der Waals surface area contributed by atoms with Crippen LogP contribution in [0.1, 0.15) is 34.7 Å². The van der Waals surface area contributed by atoms with Gasteiger partial charge in [0.25, 0.3) is 0 Å². The molecule has 2 aromatic heterocycles. The molecule has 1 amide bonds. The molecular weight excluding hydrogens is 445 g/mol. The number of carbonyl (C=O) groups is 1. The second kappa shape index (κ2) is 8.39. The number of rotatable bonds is 5. The summed E-state index contributed by atoms with van der Waals surface area (Å²) in [5, 5.41) is 7.71. The molecule has 0 radical (unpaired) electrons. The van der Waals surface area contributed by atoms with Crippen molar-refractivity contribution in [3.05, 3.63) is 101 Å². The van der Waals surface area contributed by atoms with Gasteiger partial charge in [-0.2, -0.15) is 9.78 Å². The van der Waals surface area contributed by atoms with E-state index in [4.69, 9.17) is 9.84 Å². The largest absolute Gasteiger partial charge is 0.489 e. The number of hydrogen-bond donors (Lipinski definition) is 2. The van der Waals surface area contributed by atoms with E-state index in [0.717, 1.165) is 33.4 Å². The lowest BCUT2D eigenvalue weighted by Crippen LogP contribution is -2.25. The van der Waals surface area contributed by atoms with E-state index in [9.17, 15) is 9.18 Å². The molecule has 6 rings (SSSR count). The van der Waals surface area contributed by atoms with E-state index in [1.165, 1.54) is 12.1 Å². The molecule has 0 bridgehead atoms. The lowest BCUT2D eigenvalue weighted by Gasteiger charge is -2.24. The Morgan fingerprint density at radius 3 is 2.60 bits per heavy atom. The van der Waals surface area contributed by atoms with Crippen LogP contribution in [0.3, 0.4) is 0 Å². The summed E-state index contributed by atoms with van der Waals surface area (Å²) >= 11 is 0. The monoisotopic (exact) mass is 467 g/mol. The number of aromatic amines is 1. The van der Waals surface area contributed by atoms with Crippen LogP contribution in [0, 0.1) is 12.7 Å². The van der Waals surface area contributed by atoms with Gasteiger partial charge >= 0.3 is 0 Å². The lowest BCUT2D eigenvalue weighted by molar-refractivity contribution is -0.116. The number of para-hydroxylation sites is 2. The number of aromatic nitrogens is 4. The summed E-state index contributed by atoms with van der Waals surface area (Å²) in [4.78, 5) is 20.6. The number of nitrogens with one attached hydrogen (secondary N) is 2. The highest BCUT2D eigenvalue weighted by atomic mass is 19.1. The normalized spacial score (nSPS) is 15.1. The molecule has 8 heteroatoms. The smallest absolute Gasteiger partial charge is 0.231 e. The first-order valence-electron chi connectivity index (χ1n) is 11.4. The summed E-state index contributed by atoms with van der Waals surface area (Å²) in [5.41, 5.74) is 5.44. The second-order valence-corrected chi connectivity index (χ2v) is 8.63. The molecule has 174 valence electrons. The van der Waals surface area contributed by atoms with Gasteiger partial charge in [0, 0.05) is 17.9 Å². The van der Waals surface area contributed by atoms with Crippen LogP contribution in [0.2, 0.25) is 0 Å². The minimum absolute atomic E-state index is 0.0728. The van der Waals surface area contributed by atoms with Crippen molar-refractivity contribution < 1.29 is 13.9 Å². The van der Waals surface area contributed by atoms with Crippen molar-refractivity contribution in [3.63, 3.8) is 0 Å². The predicted molar refractivity (Wildman–Crippen MR) is 130 cm³/mol. The molecule has 5 aromatic rings. The molecule has 1 aliphatic rings. The molecule has 35 heavy (non-hydrogen) atoms. The van der Waals surface area contributed by atoms with Gasteiger partial charge in [-0.05, 0) is 54.4 Å². The van der Waals surface area contributed by atoms with Crippen LogP contribution in [0.15, 0.2) is 72.8 Å². The van der Waals surface area contributed by atoms with Crippen LogP contribution in [-0.4, -0.2) is 25.7 Å². The summed E-state index contributed by atoms with van der Waals surface area (Å²) in [6.45, 7) is 2.29. The van der Waals surface area contributed by atoms with E-state index >= 15 is 0 Å². The van der Waals surface area contributed by atoms with E-state index in [0.29, 0.717) is 30.5 Å². The molecule has 1 aliphatic heterocycles. The number of fused-ring (bicyclic) bond motifs is 2. The van der Waals surface area contributed by atoms with Crippen molar-refractivity contribution in [1.29, 1.82) is 0 Å². The van der Waals surface area contributed by atoms with Crippen molar-refractivity contribution in [2.75, 3.05) is 5.32 Å². The number of imidazole rings is 1. The van der Waals surface area contributed by atoms with E-state index in [1.54, 1.807) is 16.8 Å². The maximum atomic E-state index is 13.1. The van der Waals surface area contributed by atoms with Gasteiger partial charge in [-0.1, -0.05) is 36.4 Å². The Kier molecular flexibility index (Phi) is 5.06. The first-order valence-corrected chi connectivity index (χ1v) is 11.4. The molecule has 3 aromatic carbocycles. The fourth-order valence-electron chi connectivity index (χ4n) is 4.57. The Morgan fingerprint density at radius 1 is 1.06 bits per heavy atom. The maximum absolute atomic E-state index is 13.1. The number of hydrogen-bond acceptors (Lipinski definition) is 4. The Morgan fingerprint density at radius 2 is 1.83 bits per heavy atom. The van der Waals surface area contributed by atoms with Crippen molar-refractivity contribution in [3.8, 4) is 11.7 Å². The van der Waals surface area contributed by atoms with Gasteiger partial charge in [0.05, 0.1) is 16.7 Å². The Bertz CT molecular complexity index is 1500. The Labute approximate surface area is 200 Å². The van der Waals surface area contributed by atoms with Crippen LogP contribution in [0.5, 0.6) is 5.75 Å². The zero-order valence-corrected chi connectivity index (χ0v) is 19.0. The van der Waals surface area contributed by atoms with Gasteiger partial charge in [-0.3, -0.25) is 4.79 Å². The topological polar surface area (TPSA) is 84.8 Å². The molecule has 0 fully saturated rings. The van der Waals surface area contributed by atoms with E-state index < -0.39 is 0 Å². The minimum Gasteiger partial charge on any atom is -0.489 e. The average molecular weight is 468 g/mol. The summed E-state index contributed by atoms with van der Waals surface area (Å²) in [7, 11) is 0. The molecule has 1 unspecified atom stereocenters. The van der Waals surface area contributed by atoms with E-state index in [-0.39, 0.29) is 17.6 Å². The number of anilines is 1. The summed E-state index contributed by atoms with van der Waals surface area (Å²) in [5.74, 6) is 1.42. The van der Waals surface area contributed by atoms with Gasteiger partial charge in [0.2, 0.25) is 11.9 Å². The SMILES string of the molecule is Cc1nn(-c2nc3ccccc3[nH]2)c2c1C(c1ccc(OCc3ccc(F)cc3)cc1)CC(=O)N2. The molecule has 3 heterocycles. The molecule has 2 N–H and O–H groups in total. The van der Waals surface area contributed by atoms with Crippen LogP contribution in [0.25, 0.3) is 17.0 Å². The summed E-state index contributed by atoms with van der Waals surface area (Å²) < 4.78 is 20.6. The second-order valence-electron chi connectivity index (χ2n) is 8.63. The van der Waals surface area contributed by atoms with E-state index in [1.807, 2.05) is 55.5 Å². The van der Waals surface area contributed by atoms with Gasteiger partial charge in [-0.25, -0.2) is 9.37 Å². The van der Waals surface area contributed by atoms with E-state index in [2.05, 4.69) is 15.3 Å². The molecule has 1 atom stereocenters. The van der Waals surface area contributed by atoms with Crippen LogP contribution < -0.4 is 10.1 Å². The standard InChI is InChI=1S/C27H22FN5O2/c1-16-25-21(18-8-12-20(13-9-18)35-15-17-6-10-19(28)11-7-17)14-24(34)31-26(25)33(32-16)27-29-22-4-2-3-5-23(22)30-27/h2-13,21H,14-15H2,1H3,(H,29,30)(H,31,34). The van der Waals surface area contributed by atoms with Gasteiger partial charge in [0.1, 0.15) is 24.0 Å². The molecule has 0 aliphatic carbocycles. The van der Waals surface area contributed by atoms with Crippen molar-refractivity contribution in [2.24, 2.45) is 0 Å². The zero-order chi connectivity index (χ0) is 23.9. The third-order valence-corrected chi connectivity index (χ3v) is 6.28. The summed E-state index contributed by atoms with van der Waals surface area (Å²) in [6, 6.07) is 21.7. The van der Waals surface area contributed by atoms with Gasteiger partial charge < -0.3 is 15.0 Å². The number of ether oxygens (including phenoxy) is 1. The van der Waals surface area contributed by atoms with Gasteiger partial charge in [-0.15, -0.1) is 0 Å². The van der Waals surface area contributed by atoms with Crippen LogP contribution >= 0.6 is 0 Å². The fraction of sp³-hybridized carbons (Fsp3) is 0.148. The highest BCUT2D eigenvalue weighted by Crippen LogP contribution is 2.40. The fourth-order valence-corrected chi connectivity index (χ4v) is 4.57. The number of nitrogens with zero attached hydrogens (tertiary/aromatic N) is 3. The molecular formula is C27H22FN5O2. The number of carbonyl (C=O) groups excluding carboxylic acids is 1. The highest BCUT2D eigenvalue weighted by molar-refractivity contribution is 5.95. The first-order chi connectivity index (χ1) is 17.0. The predicted octanol–water partition coefficient (Wildman–Crippen LogP) is 5.25. The number of aryl methyl sites for hydroxylation is 1. The highest BCUT2D eigenvalue weighted by Gasteiger charge is 2.33. The average Bonchev–Trinajstić information content (AvgIpc) is 3.44. The zero-order valence-electron chi connectivity index (χ0n) is 19.0. The Hall–Kier alpha value is -4.46. The minimum atomic E-state index is -0.270. The molecule has 0 spiro atoms. The Balaban J connectivity index is 1.29. The molecule has 0 saturated carbocycles. The van der Waals surface area contributed by atoms with Crippen LogP contribution in [-0.2, 0) is 11.4 Å². The molecule has 0 saturated heterocycles. The number of amides is 1. The number of benzene rings is 3. The third-order valence-electron chi connectivity index (χ3n) is 6.28.